The van der Waals surface area contributed by atoms with Crippen LogP contribution < -0.4 is 10.5 Å². The van der Waals surface area contributed by atoms with Crippen molar-refractivity contribution in [2.75, 3.05) is 18.1 Å². The minimum Gasteiger partial charge on any atom is -0.396 e. The van der Waals surface area contributed by atoms with E-state index < -0.39 is 0 Å². The molecule has 2 aliphatic rings. The number of anilines is 1. The Morgan fingerprint density at radius 1 is 1.32 bits per heavy atom. The van der Waals surface area contributed by atoms with E-state index in [0.29, 0.717) is 18.9 Å². The molecule has 1 aromatic rings. The molecule has 6 nitrogen and oxygen atoms in total. The molecule has 1 atom stereocenters. The van der Waals surface area contributed by atoms with Crippen LogP contribution in [0.15, 0.2) is 4.79 Å². The maximum absolute atomic E-state index is 12.0. The van der Waals surface area contributed by atoms with Gasteiger partial charge in [0.2, 0.25) is 11.9 Å². The molecule has 0 spiro atoms. The minimum absolute atomic E-state index is 0.0165. The third kappa shape index (κ3) is 2.16. The van der Waals surface area contributed by atoms with Gasteiger partial charge in [-0.2, -0.15) is 0 Å². The lowest BCUT2D eigenvalue weighted by molar-refractivity contribution is -0.117. The largest absolute Gasteiger partial charge is 0.396 e. The summed E-state index contributed by atoms with van der Waals surface area (Å²) < 4.78 is 0. The van der Waals surface area contributed by atoms with E-state index in [-0.39, 0.29) is 24.0 Å². The highest BCUT2D eigenvalue weighted by molar-refractivity contribution is 5.94. The van der Waals surface area contributed by atoms with Crippen LogP contribution in [0, 0.1) is 5.92 Å². The van der Waals surface area contributed by atoms with Crippen molar-refractivity contribution in [1.29, 1.82) is 0 Å². The first-order chi connectivity index (χ1) is 9.19. The van der Waals surface area contributed by atoms with Gasteiger partial charge in [0, 0.05) is 31.1 Å². The molecule has 1 aliphatic carbocycles. The molecule has 3 rings (SSSR count). The van der Waals surface area contributed by atoms with Gasteiger partial charge in [-0.1, -0.05) is 0 Å². The molecule has 2 N–H and O–H groups in total. The van der Waals surface area contributed by atoms with Crippen LogP contribution >= 0.6 is 0 Å². The number of amides is 1. The van der Waals surface area contributed by atoms with Gasteiger partial charge in [0.15, 0.2) is 0 Å². The van der Waals surface area contributed by atoms with Crippen molar-refractivity contribution >= 4 is 11.9 Å². The van der Waals surface area contributed by atoms with Crippen molar-refractivity contribution < 1.29 is 9.90 Å². The molecular weight excluding hydrogens is 246 g/mol. The van der Waals surface area contributed by atoms with E-state index in [0.717, 1.165) is 36.9 Å². The molecule has 0 radical (unpaired) electrons. The van der Waals surface area contributed by atoms with Crippen LogP contribution in [0.5, 0.6) is 0 Å². The Balaban J connectivity index is 1.96. The van der Waals surface area contributed by atoms with Crippen LogP contribution in [0.25, 0.3) is 0 Å². The van der Waals surface area contributed by atoms with Gasteiger partial charge in [0.1, 0.15) is 0 Å². The van der Waals surface area contributed by atoms with Crippen LogP contribution in [0.1, 0.15) is 30.5 Å². The number of hydrogen-bond donors (Lipinski definition) is 2. The van der Waals surface area contributed by atoms with Crippen molar-refractivity contribution in [1.82, 2.24) is 9.97 Å². The number of H-pyrrole nitrogens is 1. The van der Waals surface area contributed by atoms with Crippen molar-refractivity contribution in [2.45, 2.75) is 32.1 Å². The quantitative estimate of drug-likeness (QED) is 0.786. The standard InChI is InChI=1S/C13H17N3O3/c17-7-8-5-11(18)16(6-8)13-14-10-4-2-1-3-9(10)12(19)15-13/h8,17H,1-7H2,(H,14,15,19). The molecule has 1 amide bonds. The van der Waals surface area contributed by atoms with Gasteiger partial charge in [-0.05, 0) is 25.7 Å². The van der Waals surface area contributed by atoms with Crippen LogP contribution in [-0.2, 0) is 17.6 Å². The van der Waals surface area contributed by atoms with E-state index in [2.05, 4.69) is 9.97 Å². The Hall–Kier alpha value is -1.69. The number of aromatic amines is 1. The number of rotatable bonds is 2. The first-order valence-corrected chi connectivity index (χ1v) is 6.72. The maximum atomic E-state index is 12.0. The maximum Gasteiger partial charge on any atom is 0.255 e. The normalized spacial score (nSPS) is 22.7. The van der Waals surface area contributed by atoms with Gasteiger partial charge in [0.05, 0.1) is 5.69 Å². The van der Waals surface area contributed by atoms with Gasteiger partial charge in [-0.25, -0.2) is 4.98 Å². The molecule has 19 heavy (non-hydrogen) atoms. The predicted molar refractivity (Wildman–Crippen MR) is 69.0 cm³/mol. The molecule has 2 heterocycles. The second-order valence-corrected chi connectivity index (χ2v) is 5.28. The molecule has 1 saturated heterocycles. The van der Waals surface area contributed by atoms with Gasteiger partial charge in [0.25, 0.3) is 5.56 Å². The molecule has 1 fully saturated rings. The van der Waals surface area contributed by atoms with Crippen LogP contribution in [0.2, 0.25) is 0 Å². The summed E-state index contributed by atoms with van der Waals surface area (Å²) in [6.45, 7) is 0.411. The van der Waals surface area contributed by atoms with Crippen molar-refractivity contribution in [3.63, 3.8) is 0 Å². The number of aliphatic hydroxyl groups is 1. The molecule has 102 valence electrons. The number of aromatic nitrogens is 2. The average molecular weight is 263 g/mol. The fourth-order valence-corrected chi connectivity index (χ4v) is 2.83. The topological polar surface area (TPSA) is 86.3 Å². The highest BCUT2D eigenvalue weighted by atomic mass is 16.3. The van der Waals surface area contributed by atoms with E-state index in [1.54, 1.807) is 0 Å². The lowest BCUT2D eigenvalue weighted by atomic mass is 9.97. The smallest absolute Gasteiger partial charge is 0.255 e. The summed E-state index contributed by atoms with van der Waals surface area (Å²) in [6, 6.07) is 0. The number of aliphatic hydroxyl groups excluding tert-OH is 1. The number of nitrogens with zero attached hydrogens (tertiary/aromatic N) is 2. The molecule has 1 unspecified atom stereocenters. The monoisotopic (exact) mass is 263 g/mol. The lowest BCUT2D eigenvalue weighted by Crippen LogP contribution is -2.31. The fourth-order valence-electron chi connectivity index (χ4n) is 2.83. The summed E-state index contributed by atoms with van der Waals surface area (Å²) in [5, 5.41) is 9.12. The first-order valence-electron chi connectivity index (χ1n) is 6.72. The minimum atomic E-state index is -0.125. The second-order valence-electron chi connectivity index (χ2n) is 5.28. The van der Waals surface area contributed by atoms with E-state index >= 15 is 0 Å². The van der Waals surface area contributed by atoms with Crippen LogP contribution in [0.4, 0.5) is 5.95 Å². The Labute approximate surface area is 110 Å². The molecule has 1 aliphatic heterocycles. The summed E-state index contributed by atoms with van der Waals surface area (Å²) >= 11 is 0. The molecule has 0 saturated carbocycles. The highest BCUT2D eigenvalue weighted by Gasteiger charge is 2.32. The third-order valence-corrected chi connectivity index (χ3v) is 3.90. The number of carbonyl (C=O) groups is 1. The number of nitrogens with one attached hydrogen (secondary N) is 1. The Kier molecular flexibility index (Phi) is 3.10. The number of aryl methyl sites for hydroxylation is 1. The zero-order chi connectivity index (χ0) is 13.4. The fraction of sp³-hybridized carbons (Fsp3) is 0.615. The van der Waals surface area contributed by atoms with Crippen LogP contribution in [-0.4, -0.2) is 34.1 Å². The number of hydrogen-bond acceptors (Lipinski definition) is 4. The number of carbonyl (C=O) groups excluding carboxylic acids is 1. The van der Waals surface area contributed by atoms with Gasteiger partial charge in [-0.3, -0.25) is 19.5 Å². The first kappa shape index (κ1) is 12.3. The SMILES string of the molecule is O=C1CC(CO)CN1c1nc2c(c(=O)[nH]1)CCCC2. The zero-order valence-corrected chi connectivity index (χ0v) is 10.7. The van der Waals surface area contributed by atoms with Crippen LogP contribution in [0.3, 0.4) is 0 Å². The Morgan fingerprint density at radius 3 is 2.84 bits per heavy atom. The van der Waals surface area contributed by atoms with Crippen molar-refractivity contribution in [3.05, 3.63) is 21.6 Å². The third-order valence-electron chi connectivity index (χ3n) is 3.90. The molecular formula is C13H17N3O3. The zero-order valence-electron chi connectivity index (χ0n) is 10.7. The van der Waals surface area contributed by atoms with E-state index in [1.807, 2.05) is 0 Å². The lowest BCUT2D eigenvalue weighted by Gasteiger charge is -2.19. The highest BCUT2D eigenvalue weighted by Crippen LogP contribution is 2.23. The van der Waals surface area contributed by atoms with Gasteiger partial charge in [-0.15, -0.1) is 0 Å². The van der Waals surface area contributed by atoms with E-state index in [1.165, 1.54) is 4.90 Å². The van der Waals surface area contributed by atoms with Gasteiger partial charge < -0.3 is 5.11 Å². The molecule has 0 bridgehead atoms. The second kappa shape index (κ2) is 4.77. The van der Waals surface area contributed by atoms with Crippen molar-refractivity contribution in [2.24, 2.45) is 5.92 Å². The number of fused-ring (bicyclic) bond motifs is 1. The summed E-state index contributed by atoms with van der Waals surface area (Å²) in [7, 11) is 0. The molecule has 1 aromatic heterocycles. The summed E-state index contributed by atoms with van der Waals surface area (Å²) in [4.78, 5) is 32.5. The summed E-state index contributed by atoms with van der Waals surface area (Å²) in [5.74, 6) is 0.193. The summed E-state index contributed by atoms with van der Waals surface area (Å²) in [6.07, 6.45) is 3.95. The average Bonchev–Trinajstić information content (AvgIpc) is 2.80. The Bertz CT molecular complexity index is 567. The van der Waals surface area contributed by atoms with Gasteiger partial charge >= 0.3 is 0 Å². The summed E-state index contributed by atoms with van der Waals surface area (Å²) in [5.41, 5.74) is 1.46. The van der Waals surface area contributed by atoms with E-state index in [9.17, 15) is 9.59 Å². The molecule has 0 aromatic carbocycles. The Morgan fingerprint density at radius 2 is 2.11 bits per heavy atom. The predicted octanol–water partition coefficient (Wildman–Crippen LogP) is -0.00610. The van der Waals surface area contributed by atoms with Crippen molar-refractivity contribution in [3.8, 4) is 0 Å². The molecule has 6 heteroatoms. The van der Waals surface area contributed by atoms with E-state index in [4.69, 9.17) is 5.11 Å².